The van der Waals surface area contributed by atoms with Crippen molar-refractivity contribution in [1.82, 2.24) is 0 Å². The summed E-state index contributed by atoms with van der Waals surface area (Å²) < 4.78 is 0. The molecule has 0 saturated carbocycles. The average molecular weight is 256 g/mol. The fourth-order valence-electron chi connectivity index (χ4n) is 1.16. The van der Waals surface area contributed by atoms with Gasteiger partial charge in [0.2, 0.25) is 5.71 Å². The summed E-state index contributed by atoms with van der Waals surface area (Å²) in [7, 11) is 0. The van der Waals surface area contributed by atoms with E-state index in [1.165, 1.54) is 0 Å². The lowest BCUT2D eigenvalue weighted by molar-refractivity contribution is -0.115. The van der Waals surface area contributed by atoms with Gasteiger partial charge in [-0.3, -0.25) is 9.59 Å². The maximum Gasteiger partial charge on any atom is 0.283 e. The van der Waals surface area contributed by atoms with E-state index in [-0.39, 0.29) is 0 Å². The van der Waals surface area contributed by atoms with Gasteiger partial charge < -0.3 is 16.3 Å². The van der Waals surface area contributed by atoms with Crippen molar-refractivity contribution in [3.63, 3.8) is 0 Å². The van der Waals surface area contributed by atoms with Gasteiger partial charge in [0.15, 0.2) is 0 Å². The normalized spacial score (nSPS) is 11.1. The third-order valence-electron chi connectivity index (χ3n) is 1.99. The number of hydrogen-bond donors (Lipinski definition) is 3. The summed E-state index contributed by atoms with van der Waals surface area (Å²) in [4.78, 5) is 22.2. The first kappa shape index (κ1) is 13.0. The van der Waals surface area contributed by atoms with Crippen molar-refractivity contribution >= 4 is 34.8 Å². The molecule has 90 valence electrons. The average Bonchev–Trinajstić information content (AvgIpc) is 2.22. The van der Waals surface area contributed by atoms with Crippen LogP contribution in [0.1, 0.15) is 5.56 Å². The molecule has 0 bridgehead atoms. The Morgan fingerprint density at radius 2 is 2.12 bits per heavy atom. The summed E-state index contributed by atoms with van der Waals surface area (Å²) in [6.07, 6.45) is 0. The van der Waals surface area contributed by atoms with Crippen LogP contribution in [0.2, 0.25) is 5.02 Å². The predicted octanol–water partition coefficient (Wildman–Crippen LogP) is 0.902. The predicted molar refractivity (Wildman–Crippen MR) is 63.2 cm³/mol. The second kappa shape index (κ2) is 5.31. The number of nitrogens with zero attached hydrogens (tertiary/aromatic N) is 1. The van der Waals surface area contributed by atoms with Crippen LogP contribution < -0.4 is 11.1 Å². The van der Waals surface area contributed by atoms with Gasteiger partial charge in [-0.2, -0.15) is 0 Å². The van der Waals surface area contributed by atoms with E-state index in [2.05, 4.69) is 10.5 Å². The summed E-state index contributed by atoms with van der Waals surface area (Å²) in [5.41, 5.74) is 5.24. The fraction of sp³-hybridized carbons (Fsp3) is 0.100. The summed E-state index contributed by atoms with van der Waals surface area (Å²) in [5, 5.41) is 13.9. The number of carbonyl (C=O) groups is 2. The second-order valence-corrected chi connectivity index (χ2v) is 3.66. The molecule has 1 rings (SSSR count). The Kier molecular flexibility index (Phi) is 4.06. The molecule has 0 unspecified atom stereocenters. The number of halogens is 1. The van der Waals surface area contributed by atoms with E-state index < -0.39 is 17.5 Å². The molecule has 4 N–H and O–H groups in total. The first-order valence-electron chi connectivity index (χ1n) is 4.55. The molecule has 0 heterocycles. The van der Waals surface area contributed by atoms with Crippen LogP contribution in [0.3, 0.4) is 0 Å². The third-order valence-corrected chi connectivity index (χ3v) is 2.22. The number of benzene rings is 1. The minimum atomic E-state index is -1.11. The Bertz CT molecular complexity index is 500. The summed E-state index contributed by atoms with van der Waals surface area (Å²) in [6, 6.07) is 4.77. The van der Waals surface area contributed by atoms with Crippen molar-refractivity contribution < 1.29 is 14.8 Å². The quantitative estimate of drug-likeness (QED) is 0.323. The Balaban J connectivity index is 2.92. The van der Waals surface area contributed by atoms with Gasteiger partial charge in [-0.05, 0) is 30.7 Å². The van der Waals surface area contributed by atoms with Crippen LogP contribution in [0.25, 0.3) is 0 Å². The highest BCUT2D eigenvalue weighted by molar-refractivity contribution is 6.66. The van der Waals surface area contributed by atoms with Gasteiger partial charge in [-0.25, -0.2) is 0 Å². The molecule has 0 spiro atoms. The molecular weight excluding hydrogens is 246 g/mol. The van der Waals surface area contributed by atoms with E-state index in [1.54, 1.807) is 25.1 Å². The fourth-order valence-corrected chi connectivity index (χ4v) is 1.38. The Labute approximate surface area is 102 Å². The van der Waals surface area contributed by atoms with Crippen molar-refractivity contribution in [2.24, 2.45) is 10.9 Å². The van der Waals surface area contributed by atoms with E-state index in [1.807, 2.05) is 0 Å². The van der Waals surface area contributed by atoms with E-state index in [0.29, 0.717) is 16.3 Å². The molecular formula is C10H10ClN3O3. The van der Waals surface area contributed by atoms with Crippen LogP contribution in [-0.2, 0) is 9.59 Å². The topological polar surface area (TPSA) is 105 Å². The zero-order chi connectivity index (χ0) is 13.0. The van der Waals surface area contributed by atoms with Crippen LogP contribution in [0, 0.1) is 6.92 Å². The van der Waals surface area contributed by atoms with Gasteiger partial charge in [0.1, 0.15) is 0 Å². The monoisotopic (exact) mass is 255 g/mol. The number of amides is 2. The molecule has 0 aromatic heterocycles. The SMILES string of the molecule is Cc1cc(Cl)ccc1NC(=O)C(=NO)C(N)=O. The largest absolute Gasteiger partial charge is 0.410 e. The molecule has 2 amide bonds. The molecule has 0 saturated heterocycles. The molecule has 1 aromatic rings. The highest BCUT2D eigenvalue weighted by Gasteiger charge is 2.18. The van der Waals surface area contributed by atoms with Gasteiger partial charge in [0, 0.05) is 10.7 Å². The maximum atomic E-state index is 11.5. The van der Waals surface area contributed by atoms with Gasteiger partial charge in [-0.1, -0.05) is 16.8 Å². The van der Waals surface area contributed by atoms with Crippen LogP contribution >= 0.6 is 11.6 Å². The summed E-state index contributed by atoms with van der Waals surface area (Å²) in [5.74, 6) is -2.00. The minimum absolute atomic E-state index is 0.446. The number of primary amides is 1. The smallest absolute Gasteiger partial charge is 0.283 e. The molecule has 17 heavy (non-hydrogen) atoms. The zero-order valence-electron chi connectivity index (χ0n) is 8.90. The van der Waals surface area contributed by atoms with Crippen molar-refractivity contribution in [2.75, 3.05) is 5.32 Å². The van der Waals surface area contributed by atoms with E-state index in [9.17, 15) is 9.59 Å². The molecule has 7 heteroatoms. The highest BCUT2D eigenvalue weighted by atomic mass is 35.5. The lowest BCUT2D eigenvalue weighted by atomic mass is 10.2. The number of hydrogen-bond acceptors (Lipinski definition) is 4. The lowest BCUT2D eigenvalue weighted by Gasteiger charge is -2.07. The van der Waals surface area contributed by atoms with Gasteiger partial charge >= 0.3 is 0 Å². The van der Waals surface area contributed by atoms with Gasteiger partial charge in [0.25, 0.3) is 11.8 Å². The standard InChI is InChI=1S/C10H10ClN3O3/c1-5-4-6(11)2-3-7(5)13-10(16)8(14-17)9(12)15/h2-4,17H,1H3,(H2,12,15)(H,13,16). The Morgan fingerprint density at radius 1 is 1.47 bits per heavy atom. The zero-order valence-corrected chi connectivity index (χ0v) is 9.65. The van der Waals surface area contributed by atoms with Crippen LogP contribution in [0.4, 0.5) is 5.69 Å². The van der Waals surface area contributed by atoms with Gasteiger partial charge in [-0.15, -0.1) is 0 Å². The Morgan fingerprint density at radius 3 is 2.59 bits per heavy atom. The molecule has 0 aliphatic carbocycles. The van der Waals surface area contributed by atoms with Crippen molar-refractivity contribution in [1.29, 1.82) is 0 Å². The molecule has 0 fully saturated rings. The van der Waals surface area contributed by atoms with Crippen molar-refractivity contribution in [3.8, 4) is 0 Å². The number of aryl methyl sites for hydroxylation is 1. The highest BCUT2D eigenvalue weighted by Crippen LogP contribution is 2.19. The van der Waals surface area contributed by atoms with E-state index in [4.69, 9.17) is 22.5 Å². The molecule has 0 aliphatic heterocycles. The molecule has 1 aromatic carbocycles. The number of rotatable bonds is 3. The number of nitrogens with one attached hydrogen (secondary N) is 1. The molecule has 0 radical (unpaired) electrons. The van der Waals surface area contributed by atoms with Crippen molar-refractivity contribution in [2.45, 2.75) is 6.92 Å². The third kappa shape index (κ3) is 3.18. The Hall–Kier alpha value is -2.08. The first-order chi connectivity index (χ1) is 7.95. The number of anilines is 1. The molecule has 0 atom stereocenters. The van der Waals surface area contributed by atoms with Crippen molar-refractivity contribution in [3.05, 3.63) is 28.8 Å². The summed E-state index contributed by atoms with van der Waals surface area (Å²) in [6.45, 7) is 1.72. The van der Waals surface area contributed by atoms with E-state index >= 15 is 0 Å². The maximum absolute atomic E-state index is 11.5. The number of carbonyl (C=O) groups excluding carboxylic acids is 2. The molecule has 6 nitrogen and oxygen atoms in total. The second-order valence-electron chi connectivity index (χ2n) is 3.23. The summed E-state index contributed by atoms with van der Waals surface area (Å²) >= 11 is 5.74. The van der Waals surface area contributed by atoms with E-state index in [0.717, 1.165) is 0 Å². The first-order valence-corrected chi connectivity index (χ1v) is 4.93. The number of nitrogens with two attached hydrogens (primary N) is 1. The van der Waals surface area contributed by atoms with Crippen LogP contribution in [0.5, 0.6) is 0 Å². The van der Waals surface area contributed by atoms with Crippen LogP contribution in [-0.4, -0.2) is 22.7 Å². The lowest BCUT2D eigenvalue weighted by Crippen LogP contribution is -2.35. The number of oxime groups is 1. The molecule has 0 aliphatic rings. The van der Waals surface area contributed by atoms with Gasteiger partial charge in [0.05, 0.1) is 0 Å². The minimum Gasteiger partial charge on any atom is -0.410 e. The van der Waals surface area contributed by atoms with Crippen LogP contribution in [0.15, 0.2) is 23.4 Å².